The van der Waals surface area contributed by atoms with Gasteiger partial charge in [-0.3, -0.25) is 0 Å². The molecule has 0 spiro atoms. The molecule has 3 heteroatoms. The summed E-state index contributed by atoms with van der Waals surface area (Å²) in [6, 6.07) is 12.3. The number of phenols is 2. The van der Waals surface area contributed by atoms with Crippen molar-refractivity contribution < 1.29 is 10.2 Å². The van der Waals surface area contributed by atoms with Crippen molar-refractivity contribution in [3.63, 3.8) is 0 Å². The molecule has 0 amide bonds. The van der Waals surface area contributed by atoms with E-state index in [1.165, 1.54) is 11.1 Å². The van der Waals surface area contributed by atoms with Crippen LogP contribution < -0.4 is 5.32 Å². The summed E-state index contributed by atoms with van der Waals surface area (Å²) in [5.41, 5.74) is 4.61. The van der Waals surface area contributed by atoms with Crippen molar-refractivity contribution >= 4 is 0 Å². The Balaban J connectivity index is 1.96. The molecule has 20 heavy (non-hydrogen) atoms. The standard InChI is InChI=1S/C17H17NO2/c19-14-8-6-11-9-18-13-7-5-10-3-1-2-4-12(10)16(13)15(11)17(14)20/h1-4,6,8,13,16,18-20H,5,7,9H2. The van der Waals surface area contributed by atoms with Crippen molar-refractivity contribution in [2.45, 2.75) is 31.3 Å². The largest absolute Gasteiger partial charge is 0.504 e. The highest BCUT2D eigenvalue weighted by molar-refractivity contribution is 5.57. The van der Waals surface area contributed by atoms with Gasteiger partial charge in [-0.1, -0.05) is 30.3 Å². The Morgan fingerprint density at radius 1 is 1.00 bits per heavy atom. The molecular formula is C17H17NO2. The van der Waals surface area contributed by atoms with Crippen molar-refractivity contribution in [2.75, 3.05) is 0 Å². The van der Waals surface area contributed by atoms with E-state index in [1.54, 1.807) is 6.07 Å². The molecule has 1 heterocycles. The Bertz CT molecular complexity index is 681. The van der Waals surface area contributed by atoms with Crippen LogP contribution in [-0.2, 0) is 13.0 Å². The maximum absolute atomic E-state index is 10.3. The lowest BCUT2D eigenvalue weighted by Crippen LogP contribution is -2.42. The van der Waals surface area contributed by atoms with Gasteiger partial charge in [-0.2, -0.15) is 0 Å². The van der Waals surface area contributed by atoms with Gasteiger partial charge in [0.15, 0.2) is 11.5 Å². The normalized spacial score (nSPS) is 23.6. The molecule has 0 aromatic heterocycles. The van der Waals surface area contributed by atoms with E-state index in [-0.39, 0.29) is 17.4 Å². The van der Waals surface area contributed by atoms with Crippen LogP contribution >= 0.6 is 0 Å². The van der Waals surface area contributed by atoms with Gasteiger partial charge in [-0.15, -0.1) is 0 Å². The summed E-state index contributed by atoms with van der Waals surface area (Å²) in [7, 11) is 0. The molecule has 3 nitrogen and oxygen atoms in total. The van der Waals surface area contributed by atoms with E-state index in [1.807, 2.05) is 6.07 Å². The second kappa shape index (κ2) is 4.25. The smallest absolute Gasteiger partial charge is 0.161 e. The van der Waals surface area contributed by atoms with Crippen LogP contribution in [-0.4, -0.2) is 16.3 Å². The van der Waals surface area contributed by atoms with Crippen LogP contribution in [0, 0.1) is 0 Å². The third-order valence-corrected chi connectivity index (χ3v) is 4.67. The number of nitrogens with one attached hydrogen (secondary N) is 1. The fourth-order valence-corrected chi connectivity index (χ4v) is 3.72. The van der Waals surface area contributed by atoms with Crippen LogP contribution in [0.1, 0.15) is 34.6 Å². The highest BCUT2D eigenvalue weighted by Crippen LogP contribution is 2.46. The third-order valence-electron chi connectivity index (χ3n) is 4.67. The van der Waals surface area contributed by atoms with Crippen molar-refractivity contribution in [1.29, 1.82) is 0 Å². The first-order valence-electron chi connectivity index (χ1n) is 7.10. The Hall–Kier alpha value is -2.00. The molecule has 2 aliphatic rings. The maximum atomic E-state index is 10.3. The van der Waals surface area contributed by atoms with Crippen LogP contribution in [0.3, 0.4) is 0 Å². The third kappa shape index (κ3) is 1.56. The van der Waals surface area contributed by atoms with Gasteiger partial charge in [0.05, 0.1) is 0 Å². The zero-order chi connectivity index (χ0) is 13.7. The Kier molecular flexibility index (Phi) is 2.51. The number of phenolic OH excluding ortho intramolecular Hbond substituents is 2. The van der Waals surface area contributed by atoms with Crippen LogP contribution in [0.15, 0.2) is 36.4 Å². The zero-order valence-corrected chi connectivity index (χ0v) is 11.1. The molecule has 0 bridgehead atoms. The van der Waals surface area contributed by atoms with Gasteiger partial charge in [0.1, 0.15) is 0 Å². The highest BCUT2D eigenvalue weighted by Gasteiger charge is 2.37. The number of hydrogen-bond donors (Lipinski definition) is 3. The first kappa shape index (κ1) is 11.8. The van der Waals surface area contributed by atoms with E-state index >= 15 is 0 Å². The van der Waals surface area contributed by atoms with Gasteiger partial charge in [0.25, 0.3) is 0 Å². The molecule has 0 radical (unpaired) electrons. The SMILES string of the molecule is Oc1ccc2c(c1O)C1c3ccccc3CCC1NC2. The van der Waals surface area contributed by atoms with E-state index < -0.39 is 0 Å². The number of benzene rings is 2. The highest BCUT2D eigenvalue weighted by atomic mass is 16.3. The van der Waals surface area contributed by atoms with E-state index in [0.29, 0.717) is 6.04 Å². The number of fused-ring (bicyclic) bond motifs is 5. The van der Waals surface area contributed by atoms with Gasteiger partial charge >= 0.3 is 0 Å². The number of hydrogen-bond acceptors (Lipinski definition) is 3. The molecular weight excluding hydrogens is 250 g/mol. The van der Waals surface area contributed by atoms with E-state index in [0.717, 1.165) is 30.5 Å². The summed E-state index contributed by atoms with van der Waals surface area (Å²) in [5, 5.41) is 23.7. The van der Waals surface area contributed by atoms with E-state index in [2.05, 4.69) is 29.6 Å². The first-order chi connectivity index (χ1) is 9.75. The molecule has 2 atom stereocenters. The second-order valence-corrected chi connectivity index (χ2v) is 5.71. The minimum absolute atomic E-state index is 0.0209. The summed E-state index contributed by atoms with van der Waals surface area (Å²) < 4.78 is 0. The maximum Gasteiger partial charge on any atom is 0.161 e. The van der Waals surface area contributed by atoms with Crippen molar-refractivity contribution in [3.05, 3.63) is 58.7 Å². The molecule has 1 aliphatic heterocycles. The minimum atomic E-state index is -0.0209. The molecule has 4 rings (SSSR count). The van der Waals surface area contributed by atoms with Crippen molar-refractivity contribution in [2.24, 2.45) is 0 Å². The lowest BCUT2D eigenvalue weighted by molar-refractivity contribution is 0.359. The van der Waals surface area contributed by atoms with Gasteiger partial charge in [0.2, 0.25) is 0 Å². The van der Waals surface area contributed by atoms with Gasteiger partial charge < -0.3 is 15.5 Å². The average molecular weight is 267 g/mol. The zero-order valence-electron chi connectivity index (χ0n) is 11.1. The minimum Gasteiger partial charge on any atom is -0.504 e. The average Bonchev–Trinajstić information content (AvgIpc) is 2.50. The van der Waals surface area contributed by atoms with Crippen LogP contribution in [0.25, 0.3) is 0 Å². The molecule has 102 valence electrons. The van der Waals surface area contributed by atoms with Crippen molar-refractivity contribution in [1.82, 2.24) is 5.32 Å². The summed E-state index contributed by atoms with van der Waals surface area (Å²) in [5.74, 6) is 0.166. The van der Waals surface area contributed by atoms with Gasteiger partial charge in [-0.05, 0) is 35.6 Å². The lowest BCUT2D eigenvalue weighted by atomic mass is 9.72. The number of aromatic hydroxyl groups is 2. The van der Waals surface area contributed by atoms with E-state index in [9.17, 15) is 10.2 Å². The predicted molar refractivity (Wildman–Crippen MR) is 77.0 cm³/mol. The number of rotatable bonds is 0. The molecule has 2 aromatic rings. The first-order valence-corrected chi connectivity index (χ1v) is 7.10. The summed E-state index contributed by atoms with van der Waals surface area (Å²) >= 11 is 0. The summed E-state index contributed by atoms with van der Waals surface area (Å²) in [6.45, 7) is 0.756. The lowest BCUT2D eigenvalue weighted by Gasteiger charge is -2.39. The van der Waals surface area contributed by atoms with Crippen molar-refractivity contribution in [3.8, 4) is 11.5 Å². The number of aryl methyl sites for hydroxylation is 1. The van der Waals surface area contributed by atoms with Gasteiger partial charge in [-0.25, -0.2) is 0 Å². The Morgan fingerprint density at radius 2 is 1.85 bits per heavy atom. The Labute approximate surface area is 117 Å². The van der Waals surface area contributed by atoms with Crippen LogP contribution in [0.4, 0.5) is 0 Å². The molecule has 0 saturated carbocycles. The molecule has 0 fully saturated rings. The van der Waals surface area contributed by atoms with E-state index in [4.69, 9.17) is 0 Å². The molecule has 1 aliphatic carbocycles. The van der Waals surface area contributed by atoms with Gasteiger partial charge in [0, 0.05) is 24.1 Å². The fraction of sp³-hybridized carbons (Fsp3) is 0.294. The molecule has 2 aromatic carbocycles. The van der Waals surface area contributed by atoms with Crippen LogP contribution in [0.5, 0.6) is 11.5 Å². The molecule has 3 N–H and O–H groups in total. The molecule has 2 unspecified atom stereocenters. The van der Waals surface area contributed by atoms with Crippen LogP contribution in [0.2, 0.25) is 0 Å². The quantitative estimate of drug-likeness (QED) is 0.643. The predicted octanol–water partition coefficient (Wildman–Crippen LogP) is 2.65. The monoisotopic (exact) mass is 267 g/mol. The Morgan fingerprint density at radius 3 is 2.75 bits per heavy atom. The fourth-order valence-electron chi connectivity index (χ4n) is 3.72. The topological polar surface area (TPSA) is 52.5 Å². The summed E-state index contributed by atoms with van der Waals surface area (Å²) in [4.78, 5) is 0. The molecule has 0 saturated heterocycles. The second-order valence-electron chi connectivity index (χ2n) is 5.71. The summed E-state index contributed by atoms with van der Waals surface area (Å²) in [6.07, 6.45) is 2.13.